The third kappa shape index (κ3) is 4.92. The van der Waals surface area contributed by atoms with Crippen LogP contribution < -0.4 is 10.9 Å². The van der Waals surface area contributed by atoms with Gasteiger partial charge in [0.25, 0.3) is 5.56 Å². The summed E-state index contributed by atoms with van der Waals surface area (Å²) in [5.74, 6) is -0.692. The summed E-state index contributed by atoms with van der Waals surface area (Å²) in [5.41, 5.74) is 0.0576. The van der Waals surface area contributed by atoms with Gasteiger partial charge in [0.1, 0.15) is 12.4 Å². The van der Waals surface area contributed by atoms with Crippen molar-refractivity contribution in [2.75, 3.05) is 18.4 Å². The number of benzene rings is 2. The van der Waals surface area contributed by atoms with E-state index in [2.05, 4.69) is 17.2 Å². The van der Waals surface area contributed by atoms with Gasteiger partial charge in [-0.3, -0.25) is 14.2 Å². The van der Waals surface area contributed by atoms with Crippen LogP contribution in [-0.4, -0.2) is 41.3 Å². The average Bonchev–Trinajstić information content (AvgIpc) is 2.78. The monoisotopic (exact) mass is 492 g/mol. The van der Waals surface area contributed by atoms with E-state index in [9.17, 15) is 22.4 Å². The second-order valence-electron chi connectivity index (χ2n) is 8.12. The second-order valence-corrected chi connectivity index (χ2v) is 10.5. The van der Waals surface area contributed by atoms with Crippen LogP contribution in [0.1, 0.15) is 19.8 Å². The van der Waals surface area contributed by atoms with Crippen LogP contribution in [0.3, 0.4) is 0 Å². The molecule has 1 aromatic heterocycles. The number of carbonyl (C=O) groups excluding carboxylic acids is 1. The zero-order valence-electron chi connectivity index (χ0n) is 17.8. The minimum absolute atomic E-state index is 0.0200. The van der Waals surface area contributed by atoms with E-state index in [1.54, 1.807) is 0 Å². The Balaban J connectivity index is 1.59. The van der Waals surface area contributed by atoms with Gasteiger partial charge >= 0.3 is 0 Å². The first-order chi connectivity index (χ1) is 15.6. The lowest BCUT2D eigenvalue weighted by atomic mass is 10.0. The second kappa shape index (κ2) is 9.20. The largest absolute Gasteiger partial charge is 0.324 e. The standard InChI is InChI=1S/C22H22ClFN4O4S/c1-14-6-8-28(9-7-14)33(31,32)16-3-5-20-17(11-16)22(30)27(13-25-20)12-21(29)26-15-2-4-19(24)18(23)10-15/h2-5,10-11,13-14H,6-9,12H2,1H3,(H,26,29). The number of nitrogens with one attached hydrogen (secondary N) is 1. The van der Waals surface area contributed by atoms with E-state index < -0.39 is 27.3 Å². The number of aromatic nitrogens is 2. The molecule has 11 heteroatoms. The van der Waals surface area contributed by atoms with Crippen molar-refractivity contribution in [3.63, 3.8) is 0 Å². The fourth-order valence-electron chi connectivity index (χ4n) is 3.71. The van der Waals surface area contributed by atoms with E-state index in [-0.39, 0.29) is 27.5 Å². The van der Waals surface area contributed by atoms with E-state index in [1.165, 1.54) is 41.0 Å². The molecule has 0 radical (unpaired) electrons. The summed E-state index contributed by atoms with van der Waals surface area (Å²) >= 11 is 5.72. The maximum atomic E-state index is 13.3. The van der Waals surface area contributed by atoms with E-state index in [0.717, 1.165) is 23.5 Å². The van der Waals surface area contributed by atoms with Crippen LogP contribution in [0, 0.1) is 11.7 Å². The van der Waals surface area contributed by atoms with Gasteiger partial charge in [0.15, 0.2) is 0 Å². The van der Waals surface area contributed by atoms with E-state index in [4.69, 9.17) is 11.6 Å². The number of amides is 1. The van der Waals surface area contributed by atoms with Gasteiger partial charge in [0.2, 0.25) is 15.9 Å². The highest BCUT2D eigenvalue weighted by Gasteiger charge is 2.28. The predicted octanol–water partition coefficient (Wildman–Crippen LogP) is 3.25. The van der Waals surface area contributed by atoms with Crippen LogP contribution in [0.2, 0.25) is 5.02 Å². The molecule has 3 aromatic rings. The lowest BCUT2D eigenvalue weighted by Gasteiger charge is -2.29. The highest BCUT2D eigenvalue weighted by molar-refractivity contribution is 7.89. The Bertz CT molecular complexity index is 1380. The van der Waals surface area contributed by atoms with E-state index in [1.807, 2.05) is 0 Å². The van der Waals surface area contributed by atoms with Crippen LogP contribution in [0.5, 0.6) is 0 Å². The summed E-state index contributed by atoms with van der Waals surface area (Å²) in [7, 11) is -3.74. The first kappa shape index (κ1) is 23.3. The van der Waals surface area contributed by atoms with Crippen molar-refractivity contribution in [3.05, 3.63) is 63.9 Å². The molecule has 0 bridgehead atoms. The van der Waals surface area contributed by atoms with Gasteiger partial charge in [-0.05, 0) is 55.2 Å². The number of piperidine rings is 1. The molecule has 2 heterocycles. The summed E-state index contributed by atoms with van der Waals surface area (Å²) < 4.78 is 41.9. The number of hydrogen-bond acceptors (Lipinski definition) is 5. The molecule has 8 nitrogen and oxygen atoms in total. The number of sulfonamides is 1. The van der Waals surface area contributed by atoms with Gasteiger partial charge in [-0.1, -0.05) is 18.5 Å². The fourth-order valence-corrected chi connectivity index (χ4v) is 5.39. The van der Waals surface area contributed by atoms with Gasteiger partial charge < -0.3 is 5.32 Å². The molecule has 2 aromatic carbocycles. The molecule has 1 saturated heterocycles. The molecule has 0 aliphatic carbocycles. The Kier molecular flexibility index (Phi) is 6.51. The summed E-state index contributed by atoms with van der Waals surface area (Å²) in [5, 5.41) is 2.49. The Morgan fingerprint density at radius 2 is 1.94 bits per heavy atom. The van der Waals surface area contributed by atoms with Crippen molar-refractivity contribution in [1.82, 2.24) is 13.9 Å². The molecule has 0 unspecified atom stereocenters. The van der Waals surface area contributed by atoms with Crippen molar-refractivity contribution in [1.29, 1.82) is 0 Å². The molecule has 174 valence electrons. The third-order valence-electron chi connectivity index (χ3n) is 5.69. The predicted molar refractivity (Wildman–Crippen MR) is 123 cm³/mol. The summed E-state index contributed by atoms with van der Waals surface area (Å²) in [6.07, 6.45) is 2.80. The number of rotatable bonds is 5. The Morgan fingerprint density at radius 3 is 2.64 bits per heavy atom. The Morgan fingerprint density at radius 1 is 1.21 bits per heavy atom. The van der Waals surface area contributed by atoms with Crippen molar-refractivity contribution >= 4 is 44.1 Å². The molecule has 0 spiro atoms. The number of halogens is 2. The highest BCUT2D eigenvalue weighted by atomic mass is 35.5. The molecule has 1 aliphatic heterocycles. The van der Waals surface area contributed by atoms with Crippen molar-refractivity contribution in [3.8, 4) is 0 Å². The van der Waals surface area contributed by atoms with Crippen LogP contribution in [0.4, 0.5) is 10.1 Å². The first-order valence-electron chi connectivity index (χ1n) is 10.4. The fraction of sp³-hybridized carbons (Fsp3) is 0.318. The van der Waals surface area contributed by atoms with Gasteiger partial charge in [0, 0.05) is 18.8 Å². The number of nitrogens with zero attached hydrogens (tertiary/aromatic N) is 3. The van der Waals surface area contributed by atoms with Crippen molar-refractivity contribution < 1.29 is 17.6 Å². The maximum absolute atomic E-state index is 13.3. The lowest BCUT2D eigenvalue weighted by Crippen LogP contribution is -2.38. The van der Waals surface area contributed by atoms with Gasteiger partial charge in [0.05, 0.1) is 27.1 Å². The molecule has 0 atom stereocenters. The van der Waals surface area contributed by atoms with Crippen LogP contribution >= 0.6 is 11.6 Å². The van der Waals surface area contributed by atoms with Crippen molar-refractivity contribution in [2.45, 2.75) is 31.2 Å². The molecule has 0 saturated carbocycles. The lowest BCUT2D eigenvalue weighted by molar-refractivity contribution is -0.116. The smallest absolute Gasteiger partial charge is 0.261 e. The van der Waals surface area contributed by atoms with Gasteiger partial charge in [-0.15, -0.1) is 0 Å². The summed E-state index contributed by atoms with van der Waals surface area (Å²) in [6.45, 7) is 2.60. The van der Waals surface area contributed by atoms with Crippen LogP contribution in [0.15, 0.2) is 52.4 Å². The minimum Gasteiger partial charge on any atom is -0.324 e. The number of fused-ring (bicyclic) bond motifs is 1. The summed E-state index contributed by atoms with van der Waals surface area (Å²) in [4.78, 5) is 29.6. The van der Waals surface area contributed by atoms with Gasteiger partial charge in [-0.2, -0.15) is 4.31 Å². The Hall–Kier alpha value is -2.82. The molecular formula is C22H22ClFN4O4S. The molecule has 1 N–H and O–H groups in total. The number of hydrogen-bond donors (Lipinski definition) is 1. The third-order valence-corrected chi connectivity index (χ3v) is 7.88. The normalized spacial score (nSPS) is 15.6. The minimum atomic E-state index is -3.74. The van der Waals surface area contributed by atoms with E-state index in [0.29, 0.717) is 24.5 Å². The number of carbonyl (C=O) groups is 1. The first-order valence-corrected chi connectivity index (χ1v) is 12.2. The van der Waals surface area contributed by atoms with E-state index >= 15 is 0 Å². The Labute approximate surface area is 195 Å². The molecule has 33 heavy (non-hydrogen) atoms. The SMILES string of the molecule is CC1CCN(S(=O)(=O)c2ccc3ncn(CC(=O)Nc4ccc(F)c(Cl)c4)c(=O)c3c2)CC1. The topological polar surface area (TPSA) is 101 Å². The molecule has 1 fully saturated rings. The molecule has 1 amide bonds. The molecule has 4 rings (SSSR count). The average molecular weight is 493 g/mol. The van der Waals surface area contributed by atoms with Crippen LogP contribution in [-0.2, 0) is 21.4 Å². The zero-order chi connectivity index (χ0) is 23.8. The molecule has 1 aliphatic rings. The zero-order valence-corrected chi connectivity index (χ0v) is 19.4. The highest BCUT2D eigenvalue weighted by Crippen LogP contribution is 2.25. The van der Waals surface area contributed by atoms with Crippen molar-refractivity contribution in [2.24, 2.45) is 5.92 Å². The number of anilines is 1. The van der Waals surface area contributed by atoms with Crippen LogP contribution in [0.25, 0.3) is 10.9 Å². The maximum Gasteiger partial charge on any atom is 0.261 e. The molecular weight excluding hydrogens is 471 g/mol. The van der Waals surface area contributed by atoms with Gasteiger partial charge in [-0.25, -0.2) is 17.8 Å². The quantitative estimate of drug-likeness (QED) is 0.589. The summed E-state index contributed by atoms with van der Waals surface area (Å²) in [6, 6.07) is 7.96.